The number of anilines is 2. The van der Waals surface area contributed by atoms with E-state index in [4.69, 9.17) is 0 Å². The van der Waals surface area contributed by atoms with Gasteiger partial charge in [0.1, 0.15) is 11.5 Å². The number of sulfonamides is 1. The first-order chi connectivity index (χ1) is 16.4. The molecule has 188 valence electrons. The van der Waals surface area contributed by atoms with Crippen molar-refractivity contribution < 1.29 is 26.4 Å². The molecule has 0 aliphatic heterocycles. The SMILES string of the molecule is CN(c1cccc2nc(C(F)(F)F)cn12)[C@H]1CC[C@@H](NC(=O)c2ccc(NS(C)(=O)=O)cc2)CC1. The molecule has 2 aromatic heterocycles. The molecule has 1 amide bonds. The summed E-state index contributed by atoms with van der Waals surface area (Å²) < 4.78 is 65.8. The number of carbonyl (C=O) groups excluding carboxylic acids is 1. The monoisotopic (exact) mass is 509 g/mol. The number of nitrogens with one attached hydrogen (secondary N) is 2. The zero-order valence-electron chi connectivity index (χ0n) is 19.2. The van der Waals surface area contributed by atoms with E-state index in [-0.39, 0.29) is 23.6 Å². The van der Waals surface area contributed by atoms with Crippen LogP contribution in [0.4, 0.5) is 24.7 Å². The van der Waals surface area contributed by atoms with Crippen molar-refractivity contribution in [3.05, 3.63) is 59.9 Å². The van der Waals surface area contributed by atoms with Gasteiger partial charge in [-0.15, -0.1) is 0 Å². The van der Waals surface area contributed by atoms with Gasteiger partial charge in [0.2, 0.25) is 10.0 Å². The van der Waals surface area contributed by atoms with E-state index < -0.39 is 21.9 Å². The van der Waals surface area contributed by atoms with Gasteiger partial charge >= 0.3 is 6.18 Å². The van der Waals surface area contributed by atoms with E-state index in [1.54, 1.807) is 30.3 Å². The smallest absolute Gasteiger partial charge is 0.358 e. The molecule has 1 aromatic carbocycles. The van der Waals surface area contributed by atoms with Crippen LogP contribution in [0.2, 0.25) is 0 Å². The number of rotatable bonds is 6. The molecule has 0 saturated heterocycles. The fourth-order valence-corrected chi connectivity index (χ4v) is 4.95. The van der Waals surface area contributed by atoms with Gasteiger partial charge in [-0.2, -0.15) is 13.2 Å². The number of aromatic nitrogens is 2. The fraction of sp³-hybridized carbons (Fsp3) is 0.391. The fourth-order valence-electron chi connectivity index (χ4n) is 4.39. The summed E-state index contributed by atoms with van der Waals surface area (Å²) in [6.07, 6.45) is 0.527. The quantitative estimate of drug-likeness (QED) is 0.526. The van der Waals surface area contributed by atoms with Crippen LogP contribution in [0, 0.1) is 0 Å². The lowest BCUT2D eigenvalue weighted by molar-refractivity contribution is -0.140. The Hall–Kier alpha value is -3.28. The second kappa shape index (κ2) is 9.40. The lowest BCUT2D eigenvalue weighted by Crippen LogP contribution is -2.43. The minimum Gasteiger partial charge on any atom is -0.358 e. The molecule has 0 atom stereocenters. The summed E-state index contributed by atoms with van der Waals surface area (Å²) in [5, 5.41) is 3.02. The number of imidazole rings is 1. The molecule has 1 fully saturated rings. The van der Waals surface area contributed by atoms with Crippen LogP contribution >= 0.6 is 0 Å². The Balaban J connectivity index is 1.36. The van der Waals surface area contributed by atoms with Crippen molar-refractivity contribution >= 4 is 33.1 Å². The van der Waals surface area contributed by atoms with Crippen molar-refractivity contribution in [2.75, 3.05) is 22.9 Å². The maximum atomic E-state index is 13.1. The molecule has 2 heterocycles. The third-order valence-corrected chi connectivity index (χ3v) is 6.76. The number of hydrogen-bond donors (Lipinski definition) is 2. The van der Waals surface area contributed by atoms with Crippen LogP contribution in [0.5, 0.6) is 0 Å². The standard InChI is InChI=1S/C23H26F3N5O3S/c1-30(21-5-3-4-20-28-19(14-31(20)21)23(24,25)26)18-12-10-16(11-13-18)27-22(32)15-6-8-17(9-7-15)29-35(2,33)34/h3-9,14,16,18,29H,10-13H2,1-2H3,(H,27,32)/t16-,18+. The van der Waals surface area contributed by atoms with Gasteiger partial charge in [-0.25, -0.2) is 13.4 Å². The van der Waals surface area contributed by atoms with E-state index in [1.165, 1.54) is 16.5 Å². The number of benzene rings is 1. The maximum Gasteiger partial charge on any atom is 0.434 e. The number of pyridine rings is 1. The van der Waals surface area contributed by atoms with Crippen molar-refractivity contribution in [1.29, 1.82) is 0 Å². The molecule has 4 rings (SSSR count). The Morgan fingerprint density at radius 3 is 2.34 bits per heavy atom. The highest BCUT2D eigenvalue weighted by Gasteiger charge is 2.34. The number of halogens is 3. The second-order valence-electron chi connectivity index (χ2n) is 8.78. The molecule has 1 saturated carbocycles. The van der Waals surface area contributed by atoms with Gasteiger partial charge in [-0.1, -0.05) is 6.07 Å². The van der Waals surface area contributed by atoms with Crippen LogP contribution < -0.4 is 14.9 Å². The Kier molecular flexibility index (Phi) is 6.67. The van der Waals surface area contributed by atoms with Crippen molar-refractivity contribution in [3.63, 3.8) is 0 Å². The summed E-state index contributed by atoms with van der Waals surface area (Å²) in [5.74, 6) is 0.386. The maximum absolute atomic E-state index is 13.1. The molecule has 1 aliphatic rings. The van der Waals surface area contributed by atoms with Crippen molar-refractivity contribution in [2.24, 2.45) is 0 Å². The van der Waals surface area contributed by atoms with Crippen LogP contribution in [-0.2, 0) is 16.2 Å². The molecule has 8 nitrogen and oxygen atoms in total. The molecule has 3 aromatic rings. The molecule has 0 spiro atoms. The van der Waals surface area contributed by atoms with Crippen LogP contribution in [-0.4, -0.2) is 49.1 Å². The Labute approximate surface area is 201 Å². The highest BCUT2D eigenvalue weighted by molar-refractivity contribution is 7.92. The van der Waals surface area contributed by atoms with E-state index >= 15 is 0 Å². The van der Waals surface area contributed by atoms with Gasteiger partial charge < -0.3 is 10.2 Å². The Bertz CT molecular complexity index is 1310. The molecule has 0 bridgehead atoms. The highest BCUT2D eigenvalue weighted by atomic mass is 32.2. The predicted molar refractivity (Wildman–Crippen MR) is 127 cm³/mol. The minimum atomic E-state index is -4.51. The van der Waals surface area contributed by atoms with Crippen LogP contribution in [0.15, 0.2) is 48.7 Å². The first kappa shape index (κ1) is 24.8. The molecular formula is C23H26F3N5O3S. The van der Waals surface area contributed by atoms with Crippen molar-refractivity contribution in [1.82, 2.24) is 14.7 Å². The molecule has 0 unspecified atom stereocenters. The number of alkyl halides is 3. The molecule has 35 heavy (non-hydrogen) atoms. The lowest BCUT2D eigenvalue weighted by Gasteiger charge is -2.36. The first-order valence-electron chi connectivity index (χ1n) is 11.1. The number of carbonyl (C=O) groups is 1. The zero-order valence-corrected chi connectivity index (χ0v) is 20.0. The summed E-state index contributed by atoms with van der Waals surface area (Å²) in [5.41, 5.74) is 0.115. The third kappa shape index (κ3) is 5.87. The highest BCUT2D eigenvalue weighted by Crippen LogP contribution is 2.31. The Morgan fingerprint density at radius 1 is 1.09 bits per heavy atom. The van der Waals surface area contributed by atoms with Gasteiger partial charge in [-0.05, 0) is 62.1 Å². The van der Waals surface area contributed by atoms with Crippen molar-refractivity contribution in [3.8, 4) is 0 Å². The second-order valence-corrected chi connectivity index (χ2v) is 10.5. The summed E-state index contributed by atoms with van der Waals surface area (Å²) in [6, 6.07) is 11.3. The lowest BCUT2D eigenvalue weighted by atomic mass is 9.90. The van der Waals surface area contributed by atoms with Crippen LogP contribution in [0.25, 0.3) is 5.65 Å². The van der Waals surface area contributed by atoms with Gasteiger partial charge in [-0.3, -0.25) is 13.9 Å². The minimum absolute atomic E-state index is 0.0261. The van der Waals surface area contributed by atoms with Gasteiger partial charge in [0, 0.05) is 36.6 Å². The van der Waals surface area contributed by atoms with E-state index in [1.807, 2.05) is 11.9 Å². The first-order valence-corrected chi connectivity index (χ1v) is 13.0. The van der Waals surface area contributed by atoms with E-state index in [0.29, 0.717) is 17.1 Å². The molecule has 2 N–H and O–H groups in total. The van der Waals surface area contributed by atoms with Gasteiger partial charge in [0.05, 0.1) is 6.26 Å². The average Bonchev–Trinajstić information content (AvgIpc) is 3.24. The zero-order chi connectivity index (χ0) is 25.4. The third-order valence-electron chi connectivity index (χ3n) is 6.15. The largest absolute Gasteiger partial charge is 0.434 e. The summed E-state index contributed by atoms with van der Waals surface area (Å²) in [6.45, 7) is 0. The number of nitrogens with zero attached hydrogens (tertiary/aromatic N) is 3. The van der Waals surface area contributed by atoms with E-state index in [9.17, 15) is 26.4 Å². The van der Waals surface area contributed by atoms with Crippen molar-refractivity contribution in [2.45, 2.75) is 43.9 Å². The van der Waals surface area contributed by atoms with Gasteiger partial charge in [0.15, 0.2) is 5.69 Å². The number of amides is 1. The number of hydrogen-bond acceptors (Lipinski definition) is 5. The normalized spacial score (nSPS) is 18.9. The van der Waals surface area contributed by atoms with Crippen LogP contribution in [0.1, 0.15) is 41.7 Å². The molecule has 12 heteroatoms. The number of fused-ring (bicyclic) bond motifs is 1. The van der Waals surface area contributed by atoms with E-state index in [0.717, 1.165) is 38.1 Å². The summed E-state index contributed by atoms with van der Waals surface area (Å²) in [4.78, 5) is 18.3. The van der Waals surface area contributed by atoms with E-state index in [2.05, 4.69) is 15.0 Å². The molecular weight excluding hydrogens is 483 g/mol. The van der Waals surface area contributed by atoms with Crippen LogP contribution in [0.3, 0.4) is 0 Å². The predicted octanol–water partition coefficient (Wildman–Crippen LogP) is 3.90. The van der Waals surface area contributed by atoms with Gasteiger partial charge in [0.25, 0.3) is 5.91 Å². The summed E-state index contributed by atoms with van der Waals surface area (Å²) >= 11 is 0. The Morgan fingerprint density at radius 2 is 1.74 bits per heavy atom. The molecule has 0 radical (unpaired) electrons. The molecule has 1 aliphatic carbocycles. The summed E-state index contributed by atoms with van der Waals surface area (Å²) in [7, 11) is -1.53. The topological polar surface area (TPSA) is 95.8 Å². The average molecular weight is 510 g/mol.